The Morgan fingerprint density at radius 1 is 1.10 bits per heavy atom. The molecule has 0 radical (unpaired) electrons. The molecule has 2 aromatic carbocycles. The Hall–Kier alpha value is -2.33. The van der Waals surface area contributed by atoms with E-state index in [2.05, 4.69) is 10.2 Å². The summed E-state index contributed by atoms with van der Waals surface area (Å²) in [6.45, 7) is 0.708. The second-order valence-electron chi connectivity index (χ2n) is 6.69. The molecule has 2 aromatic heterocycles. The smallest absolute Gasteiger partial charge is 0.211 e. The molecule has 0 saturated carbocycles. The van der Waals surface area contributed by atoms with Gasteiger partial charge in [-0.3, -0.25) is 9.36 Å². The number of carbonyl (C=O) groups excluding carboxylic acids is 1. The molecule has 5 rings (SSSR count). The minimum absolute atomic E-state index is 0.152. The van der Waals surface area contributed by atoms with Gasteiger partial charge in [0.2, 0.25) is 11.6 Å². The number of carbonyl (C=O) groups is 1. The van der Waals surface area contributed by atoms with E-state index in [1.54, 1.807) is 28.0 Å². The van der Waals surface area contributed by atoms with Gasteiger partial charge in [0.05, 0.1) is 5.69 Å². The third-order valence-electron chi connectivity index (χ3n) is 4.76. The van der Waals surface area contributed by atoms with Gasteiger partial charge in [0, 0.05) is 34.0 Å². The highest BCUT2D eigenvalue weighted by atomic mass is 35.5. The number of amides is 1. The minimum atomic E-state index is -0.152. The van der Waals surface area contributed by atoms with Gasteiger partial charge in [-0.1, -0.05) is 41.9 Å². The van der Waals surface area contributed by atoms with Crippen molar-refractivity contribution in [3.8, 4) is 16.9 Å². The quantitative estimate of drug-likeness (QED) is 0.341. The van der Waals surface area contributed by atoms with E-state index in [1.807, 2.05) is 64.5 Å². The van der Waals surface area contributed by atoms with Crippen LogP contribution in [0.4, 0.5) is 0 Å². The molecule has 10 heteroatoms. The maximum Gasteiger partial charge on any atom is 0.211 e. The van der Waals surface area contributed by atoms with Crippen LogP contribution in [0.15, 0.2) is 69.5 Å². The number of aromatic nitrogens is 4. The van der Waals surface area contributed by atoms with Crippen molar-refractivity contribution < 1.29 is 4.79 Å². The summed E-state index contributed by atoms with van der Waals surface area (Å²) in [7, 11) is 0. The fourth-order valence-corrected chi connectivity index (χ4v) is 6.37. The summed E-state index contributed by atoms with van der Waals surface area (Å²) in [6.07, 6.45) is 0.890. The van der Waals surface area contributed by atoms with Crippen LogP contribution < -0.4 is 0 Å². The molecule has 0 aliphatic carbocycles. The van der Waals surface area contributed by atoms with Crippen molar-refractivity contribution in [1.82, 2.24) is 24.6 Å². The van der Waals surface area contributed by atoms with E-state index >= 15 is 0 Å². The number of nitrogens with zero attached hydrogens (tertiary/aromatic N) is 5. The third kappa shape index (κ3) is 4.23. The Bertz CT molecular complexity index is 1200. The van der Waals surface area contributed by atoms with Crippen LogP contribution in [-0.4, -0.2) is 43.4 Å². The summed E-state index contributed by atoms with van der Waals surface area (Å²) in [5.41, 5.74) is 2.87. The minimum Gasteiger partial charge on any atom is -0.325 e. The van der Waals surface area contributed by atoms with Gasteiger partial charge in [0.25, 0.3) is 0 Å². The van der Waals surface area contributed by atoms with Crippen LogP contribution in [-0.2, 0) is 4.79 Å². The molecule has 4 aromatic rings. The van der Waals surface area contributed by atoms with Crippen LogP contribution in [0.2, 0.25) is 5.02 Å². The maximum absolute atomic E-state index is 11.5. The molecule has 31 heavy (non-hydrogen) atoms. The Morgan fingerprint density at radius 3 is 2.68 bits per heavy atom. The fourth-order valence-electron chi connectivity index (χ4n) is 3.28. The Balaban J connectivity index is 1.50. The van der Waals surface area contributed by atoms with E-state index < -0.39 is 0 Å². The first-order valence-corrected chi connectivity index (χ1v) is 12.6. The topological polar surface area (TPSA) is 63.9 Å². The Labute approximate surface area is 196 Å². The Morgan fingerprint density at radius 2 is 1.90 bits per heavy atom. The van der Waals surface area contributed by atoms with E-state index in [9.17, 15) is 4.79 Å². The molecule has 1 amide bonds. The SMILES string of the molecule is O=CN1CCSC1c1nnc(Sc2nc(-c3ccc(Cl)cc3)cs2)n1-c1ccccc1. The summed E-state index contributed by atoms with van der Waals surface area (Å²) in [6, 6.07) is 17.6. The highest BCUT2D eigenvalue weighted by Gasteiger charge is 2.32. The van der Waals surface area contributed by atoms with Crippen molar-refractivity contribution >= 4 is 52.9 Å². The van der Waals surface area contributed by atoms with Crippen molar-refractivity contribution in [1.29, 1.82) is 0 Å². The molecule has 1 atom stereocenters. The number of halogens is 1. The highest BCUT2D eigenvalue weighted by molar-refractivity contribution is 8.01. The zero-order valence-corrected chi connectivity index (χ0v) is 19.3. The van der Waals surface area contributed by atoms with Gasteiger partial charge in [-0.25, -0.2) is 4.98 Å². The lowest BCUT2D eigenvalue weighted by molar-refractivity contribution is -0.118. The molecule has 1 unspecified atom stereocenters. The molecule has 1 aliphatic heterocycles. The lowest BCUT2D eigenvalue weighted by Crippen LogP contribution is -2.23. The number of para-hydroxylation sites is 1. The molecule has 1 saturated heterocycles. The summed E-state index contributed by atoms with van der Waals surface area (Å²) >= 11 is 10.7. The van der Waals surface area contributed by atoms with Crippen molar-refractivity contribution in [2.45, 2.75) is 14.9 Å². The largest absolute Gasteiger partial charge is 0.325 e. The molecule has 156 valence electrons. The van der Waals surface area contributed by atoms with Crippen molar-refractivity contribution in [2.75, 3.05) is 12.3 Å². The number of hydrogen-bond donors (Lipinski definition) is 0. The van der Waals surface area contributed by atoms with Gasteiger partial charge in [0.1, 0.15) is 5.37 Å². The molecular weight excluding hydrogens is 470 g/mol. The maximum atomic E-state index is 11.5. The highest BCUT2D eigenvalue weighted by Crippen LogP contribution is 2.40. The number of hydrogen-bond acceptors (Lipinski definition) is 7. The molecular formula is C21H16ClN5OS3. The Kier molecular flexibility index (Phi) is 5.99. The second-order valence-corrected chi connectivity index (χ2v) is 10.4. The predicted molar refractivity (Wildman–Crippen MR) is 126 cm³/mol. The van der Waals surface area contributed by atoms with Gasteiger partial charge in [-0.2, -0.15) is 0 Å². The summed E-state index contributed by atoms with van der Waals surface area (Å²) < 4.78 is 2.89. The monoisotopic (exact) mass is 485 g/mol. The molecule has 1 aliphatic rings. The van der Waals surface area contributed by atoms with Crippen LogP contribution >= 0.6 is 46.5 Å². The predicted octanol–water partition coefficient (Wildman–Crippen LogP) is 5.40. The second kappa shape index (κ2) is 9.04. The number of thiazole rings is 1. The van der Waals surface area contributed by atoms with Gasteiger partial charge >= 0.3 is 0 Å². The van der Waals surface area contributed by atoms with Crippen LogP contribution in [0.3, 0.4) is 0 Å². The van der Waals surface area contributed by atoms with E-state index in [1.165, 1.54) is 11.8 Å². The molecule has 0 spiro atoms. The van der Waals surface area contributed by atoms with Crippen LogP contribution in [0.25, 0.3) is 16.9 Å². The zero-order valence-electron chi connectivity index (χ0n) is 16.1. The van der Waals surface area contributed by atoms with Gasteiger partial charge in [-0.15, -0.1) is 33.3 Å². The first-order valence-electron chi connectivity index (χ1n) is 9.45. The zero-order chi connectivity index (χ0) is 21.2. The molecule has 3 heterocycles. The fraction of sp³-hybridized carbons (Fsp3) is 0.143. The number of rotatable bonds is 6. The first kappa shape index (κ1) is 20.6. The first-order chi connectivity index (χ1) is 15.2. The average molecular weight is 486 g/mol. The molecule has 6 nitrogen and oxygen atoms in total. The van der Waals surface area contributed by atoms with Crippen molar-refractivity contribution in [3.05, 3.63) is 70.8 Å². The van der Waals surface area contributed by atoms with Crippen LogP contribution in [0, 0.1) is 0 Å². The van der Waals surface area contributed by atoms with Crippen molar-refractivity contribution in [3.63, 3.8) is 0 Å². The van der Waals surface area contributed by atoms with E-state index in [4.69, 9.17) is 16.6 Å². The van der Waals surface area contributed by atoms with E-state index in [0.29, 0.717) is 11.6 Å². The van der Waals surface area contributed by atoms with Gasteiger partial charge < -0.3 is 4.90 Å². The number of benzene rings is 2. The third-order valence-corrected chi connectivity index (χ3v) is 8.11. The van der Waals surface area contributed by atoms with Crippen LogP contribution in [0.5, 0.6) is 0 Å². The average Bonchev–Trinajstić information content (AvgIpc) is 3.54. The van der Waals surface area contributed by atoms with Crippen LogP contribution in [0.1, 0.15) is 11.2 Å². The number of thioether (sulfide) groups is 1. The lowest BCUT2D eigenvalue weighted by Gasteiger charge is -2.19. The normalized spacial score (nSPS) is 16.0. The molecule has 0 bridgehead atoms. The van der Waals surface area contributed by atoms with Crippen molar-refractivity contribution in [2.24, 2.45) is 0 Å². The lowest BCUT2D eigenvalue weighted by atomic mass is 10.2. The van der Waals surface area contributed by atoms with Gasteiger partial charge in [0.15, 0.2) is 10.2 Å². The summed E-state index contributed by atoms with van der Waals surface area (Å²) in [4.78, 5) is 18.1. The summed E-state index contributed by atoms with van der Waals surface area (Å²) in [5.74, 6) is 1.63. The summed E-state index contributed by atoms with van der Waals surface area (Å²) in [5, 5.41) is 12.2. The molecule has 1 fully saturated rings. The van der Waals surface area contributed by atoms with E-state index in [-0.39, 0.29) is 5.37 Å². The standard InChI is InChI=1S/C21H16ClN5OS3/c22-15-8-6-14(7-9-15)17-12-30-21(23-17)31-20-25-24-18(19-26(13-28)10-11-29-19)27(20)16-4-2-1-3-5-16/h1-9,12-13,19H,10-11H2. The van der Waals surface area contributed by atoms with E-state index in [0.717, 1.165) is 44.4 Å². The van der Waals surface area contributed by atoms with Gasteiger partial charge in [-0.05, 0) is 36.0 Å². The molecule has 0 N–H and O–H groups in total.